The van der Waals surface area contributed by atoms with E-state index in [9.17, 15) is 22.8 Å². The number of nitrogens with two attached hydrogens (primary N) is 1. The van der Waals surface area contributed by atoms with E-state index in [-0.39, 0.29) is 59.0 Å². The second-order valence-electron chi connectivity index (χ2n) is 10.8. The van der Waals surface area contributed by atoms with Crippen molar-refractivity contribution in [1.82, 2.24) is 30.6 Å². The number of aliphatic imine (C=N–C) groups is 1. The van der Waals surface area contributed by atoms with E-state index in [2.05, 4.69) is 30.9 Å². The van der Waals surface area contributed by atoms with Gasteiger partial charge in [0.05, 0.1) is 0 Å². The first kappa shape index (κ1) is 31.1. The number of alkyl halides is 3. The molecular formula is C30H27ClF3N8O4+. The molecule has 0 bridgehead atoms. The number of hydrogen-bond donors (Lipinski definition) is 3. The standard InChI is InChI=1S/C30H26ClF3N8O4/c31-20-8-4-7-19(13-20)22-23-25(21(15-38-22)28(43)37-12-11-36-14-17-5-2-1-3-6-17)42(16-18-9-10-18,45-29(44)30(32,33)34)27(39-23)24-26(35)41-46-40-24/h1-8,13,15,18,36H,9-12,14,16H2,(H2-,35,37,41,43)/p+1. The molecule has 4 N–H and O–H groups in total. The number of rotatable bonds is 11. The van der Waals surface area contributed by atoms with Crippen LogP contribution in [0.4, 0.5) is 30.4 Å². The van der Waals surface area contributed by atoms with E-state index < -0.39 is 22.7 Å². The smallest absolute Gasteiger partial charge is 0.379 e. The maximum absolute atomic E-state index is 13.9. The van der Waals surface area contributed by atoms with Gasteiger partial charge in [-0.2, -0.15) is 18.2 Å². The molecule has 2 aliphatic rings. The van der Waals surface area contributed by atoms with Gasteiger partial charge < -0.3 is 16.4 Å². The molecule has 2 aromatic carbocycles. The van der Waals surface area contributed by atoms with Crippen LogP contribution in [-0.2, 0) is 16.2 Å². The number of amidine groups is 1. The summed E-state index contributed by atoms with van der Waals surface area (Å²) < 4.78 is 45.1. The normalized spacial score (nSPS) is 17.3. The lowest BCUT2D eigenvalue weighted by Crippen LogP contribution is -2.58. The Balaban J connectivity index is 1.45. The number of amides is 1. The number of aromatic nitrogens is 3. The van der Waals surface area contributed by atoms with Gasteiger partial charge in [-0.25, -0.2) is 9.42 Å². The number of carbonyl (C=O) groups excluding carboxylic acids is 2. The van der Waals surface area contributed by atoms with Crippen LogP contribution in [0.3, 0.4) is 0 Å². The van der Waals surface area contributed by atoms with Crippen molar-refractivity contribution in [3.8, 4) is 11.3 Å². The Labute approximate surface area is 264 Å². The molecule has 1 fully saturated rings. The quantitative estimate of drug-likeness (QED) is 0.154. The Morgan fingerprint density at radius 2 is 1.85 bits per heavy atom. The van der Waals surface area contributed by atoms with Crippen molar-refractivity contribution in [1.29, 1.82) is 0 Å². The minimum Gasteiger partial charge on any atom is -0.379 e. The van der Waals surface area contributed by atoms with Crippen molar-refractivity contribution in [3.05, 3.63) is 82.6 Å². The molecule has 16 heteroatoms. The van der Waals surface area contributed by atoms with Crippen LogP contribution in [0.2, 0.25) is 5.02 Å². The van der Waals surface area contributed by atoms with Gasteiger partial charge in [0.15, 0.2) is 5.69 Å². The predicted octanol–water partition coefficient (Wildman–Crippen LogP) is 4.72. The molecule has 4 aromatic rings. The lowest BCUT2D eigenvalue weighted by molar-refractivity contribution is -0.223. The van der Waals surface area contributed by atoms with Crippen LogP contribution in [0.5, 0.6) is 0 Å². The first-order valence-corrected chi connectivity index (χ1v) is 14.6. The van der Waals surface area contributed by atoms with Gasteiger partial charge in [0.2, 0.25) is 17.2 Å². The van der Waals surface area contributed by atoms with E-state index in [0.29, 0.717) is 36.5 Å². The van der Waals surface area contributed by atoms with Gasteiger partial charge in [0.1, 0.15) is 17.8 Å². The lowest BCUT2D eigenvalue weighted by Gasteiger charge is -2.31. The highest BCUT2D eigenvalue weighted by Gasteiger charge is 2.60. The van der Waals surface area contributed by atoms with Crippen LogP contribution in [0, 0.1) is 5.92 Å². The van der Waals surface area contributed by atoms with Gasteiger partial charge in [0.25, 0.3) is 5.91 Å². The molecule has 3 heterocycles. The van der Waals surface area contributed by atoms with Crippen LogP contribution in [0.15, 0.2) is 70.4 Å². The SMILES string of the molecule is Nc1nonc1C1=Nc2c(-c3cccc(Cl)c3)ncc(C(=O)NCCNCc3ccccc3)c2[N+]1(CC1CC1)OC(=O)C(F)(F)F. The summed E-state index contributed by atoms with van der Waals surface area (Å²) in [6, 6.07) is 16.2. The van der Waals surface area contributed by atoms with Gasteiger partial charge in [-0.05, 0) is 45.5 Å². The van der Waals surface area contributed by atoms with Gasteiger partial charge in [0, 0.05) is 42.3 Å². The van der Waals surface area contributed by atoms with Crippen molar-refractivity contribution in [2.24, 2.45) is 10.9 Å². The summed E-state index contributed by atoms with van der Waals surface area (Å²) in [4.78, 5) is 40.9. The molecule has 1 atom stereocenters. The fourth-order valence-corrected chi connectivity index (χ4v) is 5.38. The maximum atomic E-state index is 13.9. The molecular weight excluding hydrogens is 629 g/mol. The van der Waals surface area contributed by atoms with Crippen LogP contribution < -0.4 is 21.0 Å². The van der Waals surface area contributed by atoms with E-state index in [0.717, 1.165) is 5.56 Å². The average Bonchev–Trinajstić information content (AvgIpc) is 3.65. The monoisotopic (exact) mass is 655 g/mol. The number of nitrogens with one attached hydrogen (secondary N) is 2. The van der Waals surface area contributed by atoms with Crippen molar-refractivity contribution in [2.45, 2.75) is 25.6 Å². The minimum absolute atomic E-state index is 0.0230. The fourth-order valence-electron chi connectivity index (χ4n) is 5.19. The van der Waals surface area contributed by atoms with Gasteiger partial charge in [-0.3, -0.25) is 14.6 Å². The van der Waals surface area contributed by atoms with E-state index >= 15 is 0 Å². The van der Waals surface area contributed by atoms with E-state index in [1.807, 2.05) is 30.3 Å². The molecule has 1 saturated carbocycles. The molecule has 46 heavy (non-hydrogen) atoms. The van der Waals surface area contributed by atoms with Crippen molar-refractivity contribution < 1.29 is 32.2 Å². The van der Waals surface area contributed by atoms with Crippen molar-refractivity contribution >= 4 is 46.5 Å². The van der Waals surface area contributed by atoms with E-state index in [1.54, 1.807) is 24.3 Å². The largest absolute Gasteiger partial charge is 0.497 e. The topological polar surface area (TPSA) is 158 Å². The van der Waals surface area contributed by atoms with Crippen LogP contribution in [0.1, 0.15) is 34.5 Å². The number of pyridine rings is 1. The summed E-state index contributed by atoms with van der Waals surface area (Å²) in [6.45, 7) is 0.902. The summed E-state index contributed by atoms with van der Waals surface area (Å²) in [6.07, 6.45) is -2.89. The zero-order valence-corrected chi connectivity index (χ0v) is 24.8. The Morgan fingerprint density at radius 3 is 2.52 bits per heavy atom. The highest BCUT2D eigenvalue weighted by molar-refractivity contribution is 6.31. The predicted molar refractivity (Wildman–Crippen MR) is 162 cm³/mol. The third-order valence-corrected chi connectivity index (χ3v) is 7.69. The Morgan fingerprint density at radius 1 is 1.07 bits per heavy atom. The molecule has 6 rings (SSSR count). The Bertz CT molecular complexity index is 1810. The zero-order valence-electron chi connectivity index (χ0n) is 24.1. The number of quaternary nitrogens is 1. The summed E-state index contributed by atoms with van der Waals surface area (Å²) in [5, 5.41) is 13.7. The number of hydroxylamine groups is 2. The highest BCUT2D eigenvalue weighted by atomic mass is 35.5. The number of carbonyl (C=O) groups is 2. The lowest BCUT2D eigenvalue weighted by atomic mass is 10.0. The number of nitrogen functional groups attached to an aromatic ring is 1. The Hall–Kier alpha value is -4.86. The number of fused-ring (bicyclic) bond motifs is 1. The highest BCUT2D eigenvalue weighted by Crippen LogP contribution is 2.52. The van der Waals surface area contributed by atoms with Crippen LogP contribution in [-0.4, -0.2) is 58.8 Å². The summed E-state index contributed by atoms with van der Waals surface area (Å²) >= 11 is 6.25. The first-order valence-electron chi connectivity index (χ1n) is 14.3. The van der Waals surface area contributed by atoms with E-state index in [4.69, 9.17) is 26.8 Å². The molecule has 1 aliphatic heterocycles. The Kier molecular flexibility index (Phi) is 8.46. The molecule has 0 spiro atoms. The number of benzene rings is 2. The third-order valence-electron chi connectivity index (χ3n) is 7.46. The number of anilines is 1. The summed E-state index contributed by atoms with van der Waals surface area (Å²) in [7, 11) is 0. The molecule has 238 valence electrons. The maximum Gasteiger partial charge on any atom is 0.497 e. The number of nitrogens with zero attached hydrogens (tertiary/aromatic N) is 5. The summed E-state index contributed by atoms with van der Waals surface area (Å²) in [5.74, 6) is -3.97. The third kappa shape index (κ3) is 6.29. The second-order valence-corrected chi connectivity index (χ2v) is 11.3. The zero-order chi connectivity index (χ0) is 32.5. The van der Waals surface area contributed by atoms with E-state index in [1.165, 1.54) is 6.20 Å². The molecule has 1 amide bonds. The average molecular weight is 656 g/mol. The van der Waals surface area contributed by atoms with Crippen LogP contribution in [0.25, 0.3) is 11.3 Å². The molecule has 0 radical (unpaired) electrons. The van der Waals surface area contributed by atoms with Gasteiger partial charge >= 0.3 is 18.0 Å². The number of halogens is 4. The second kappa shape index (κ2) is 12.5. The fraction of sp³-hybridized carbons (Fsp3) is 0.267. The van der Waals surface area contributed by atoms with Gasteiger partial charge in [-0.15, -0.1) is 0 Å². The molecule has 1 unspecified atom stereocenters. The molecule has 12 nitrogen and oxygen atoms in total. The molecule has 2 aromatic heterocycles. The van der Waals surface area contributed by atoms with Crippen molar-refractivity contribution in [3.63, 3.8) is 0 Å². The first-order chi connectivity index (χ1) is 22.1. The molecule has 0 saturated heterocycles. The molecule has 1 aliphatic carbocycles. The van der Waals surface area contributed by atoms with Crippen molar-refractivity contribution in [2.75, 3.05) is 25.4 Å². The van der Waals surface area contributed by atoms with Crippen LogP contribution >= 0.6 is 11.6 Å². The number of hydrogen-bond acceptors (Lipinski definition) is 10. The summed E-state index contributed by atoms with van der Waals surface area (Å²) in [5.41, 5.74) is 7.10. The minimum atomic E-state index is -5.38. The van der Waals surface area contributed by atoms with Gasteiger partial charge in [-0.1, -0.05) is 54.1 Å².